The minimum atomic E-state index is -0.388. The number of rotatable bonds is 8. The average Bonchev–Trinajstić information content (AvgIpc) is 3.09. The molecule has 1 heterocycles. The molecule has 0 atom stereocenters. The van der Waals surface area contributed by atoms with Crippen molar-refractivity contribution in [1.29, 1.82) is 0 Å². The molecule has 0 fully saturated rings. The molecule has 1 aromatic heterocycles. The SMILES string of the molecule is CCOC(=O)c1c(NC(=O)CO/N=C\c2ccc(OC)cc2)sc2c1CCCC2. The van der Waals surface area contributed by atoms with Crippen LogP contribution in [0.5, 0.6) is 5.75 Å². The molecule has 1 amide bonds. The van der Waals surface area contributed by atoms with Crippen molar-refractivity contribution in [2.45, 2.75) is 32.6 Å². The number of anilines is 1. The van der Waals surface area contributed by atoms with Gasteiger partial charge in [-0.05, 0) is 68.0 Å². The molecule has 1 aliphatic rings. The number of nitrogens with zero attached hydrogens (tertiary/aromatic N) is 1. The molecule has 1 aliphatic carbocycles. The molecule has 1 N–H and O–H groups in total. The highest BCUT2D eigenvalue weighted by Crippen LogP contribution is 2.38. The van der Waals surface area contributed by atoms with E-state index < -0.39 is 0 Å². The van der Waals surface area contributed by atoms with E-state index in [-0.39, 0.29) is 18.5 Å². The van der Waals surface area contributed by atoms with Crippen LogP contribution < -0.4 is 10.1 Å². The maximum Gasteiger partial charge on any atom is 0.341 e. The predicted molar refractivity (Wildman–Crippen MR) is 112 cm³/mol. The van der Waals surface area contributed by atoms with Crippen LogP contribution in [0.25, 0.3) is 0 Å². The number of amides is 1. The Balaban J connectivity index is 1.60. The molecular formula is C21H24N2O5S. The van der Waals surface area contributed by atoms with E-state index in [1.807, 2.05) is 24.3 Å². The lowest BCUT2D eigenvalue weighted by atomic mass is 9.95. The summed E-state index contributed by atoms with van der Waals surface area (Å²) in [6.45, 7) is 1.81. The molecule has 0 aliphatic heterocycles. The van der Waals surface area contributed by atoms with Gasteiger partial charge < -0.3 is 19.6 Å². The zero-order valence-electron chi connectivity index (χ0n) is 16.5. The van der Waals surface area contributed by atoms with E-state index in [1.54, 1.807) is 14.0 Å². The van der Waals surface area contributed by atoms with Crippen LogP contribution >= 0.6 is 11.3 Å². The highest BCUT2D eigenvalue weighted by Gasteiger charge is 2.27. The second kappa shape index (κ2) is 10.1. The van der Waals surface area contributed by atoms with Crippen molar-refractivity contribution >= 4 is 34.4 Å². The normalized spacial score (nSPS) is 13.0. The van der Waals surface area contributed by atoms with Gasteiger partial charge in [-0.15, -0.1) is 11.3 Å². The van der Waals surface area contributed by atoms with Crippen molar-refractivity contribution in [2.24, 2.45) is 5.16 Å². The van der Waals surface area contributed by atoms with Gasteiger partial charge in [0.15, 0.2) is 6.61 Å². The maximum absolute atomic E-state index is 12.4. The first kappa shape index (κ1) is 20.9. The summed E-state index contributed by atoms with van der Waals surface area (Å²) in [4.78, 5) is 30.9. The zero-order chi connectivity index (χ0) is 20.6. The van der Waals surface area contributed by atoms with Crippen molar-refractivity contribution in [3.05, 3.63) is 45.8 Å². The first-order valence-corrected chi connectivity index (χ1v) is 10.3. The Kier molecular flexibility index (Phi) is 7.24. The van der Waals surface area contributed by atoms with E-state index in [0.29, 0.717) is 17.2 Å². The third-order valence-electron chi connectivity index (χ3n) is 4.49. The maximum atomic E-state index is 12.4. The summed E-state index contributed by atoms with van der Waals surface area (Å²) in [5, 5.41) is 7.13. The van der Waals surface area contributed by atoms with Gasteiger partial charge in [-0.3, -0.25) is 4.79 Å². The van der Waals surface area contributed by atoms with Crippen molar-refractivity contribution in [3.63, 3.8) is 0 Å². The van der Waals surface area contributed by atoms with Gasteiger partial charge in [0.05, 0.1) is 25.5 Å². The van der Waals surface area contributed by atoms with Crippen LogP contribution in [0.15, 0.2) is 29.4 Å². The number of oxime groups is 1. The fourth-order valence-corrected chi connectivity index (χ4v) is 4.41. The van der Waals surface area contributed by atoms with Crippen molar-refractivity contribution in [3.8, 4) is 5.75 Å². The van der Waals surface area contributed by atoms with Crippen LogP contribution in [0.2, 0.25) is 0 Å². The number of nitrogens with one attached hydrogen (secondary N) is 1. The van der Waals surface area contributed by atoms with Crippen LogP contribution in [-0.2, 0) is 27.2 Å². The molecule has 0 saturated carbocycles. The summed E-state index contributed by atoms with van der Waals surface area (Å²) in [7, 11) is 1.60. The van der Waals surface area contributed by atoms with E-state index in [9.17, 15) is 9.59 Å². The third kappa shape index (κ3) is 5.35. The Labute approximate surface area is 173 Å². The van der Waals surface area contributed by atoms with Gasteiger partial charge in [-0.2, -0.15) is 0 Å². The lowest BCUT2D eigenvalue weighted by molar-refractivity contribution is -0.120. The van der Waals surface area contributed by atoms with Gasteiger partial charge in [0.2, 0.25) is 0 Å². The summed E-state index contributed by atoms with van der Waals surface area (Å²) in [5.74, 6) is -0.0137. The fourth-order valence-electron chi connectivity index (χ4n) is 3.12. The molecule has 0 saturated heterocycles. The molecular weight excluding hydrogens is 392 g/mol. The number of esters is 1. The van der Waals surface area contributed by atoms with Crippen molar-refractivity contribution in [2.75, 3.05) is 25.6 Å². The molecule has 3 rings (SSSR count). The first-order valence-electron chi connectivity index (χ1n) is 9.53. The number of hydrogen-bond donors (Lipinski definition) is 1. The van der Waals surface area contributed by atoms with Crippen molar-refractivity contribution in [1.82, 2.24) is 0 Å². The van der Waals surface area contributed by atoms with Gasteiger partial charge in [0.1, 0.15) is 10.8 Å². The molecule has 0 radical (unpaired) electrons. The molecule has 0 unspecified atom stereocenters. The minimum absolute atomic E-state index is 0.252. The van der Waals surface area contributed by atoms with E-state index in [0.717, 1.165) is 47.4 Å². The molecule has 0 spiro atoms. The number of carbonyl (C=O) groups is 2. The number of ether oxygens (including phenoxy) is 2. The monoisotopic (exact) mass is 416 g/mol. The van der Waals surface area contributed by atoms with Gasteiger partial charge >= 0.3 is 5.97 Å². The van der Waals surface area contributed by atoms with Crippen LogP contribution in [0, 0.1) is 0 Å². The summed E-state index contributed by atoms with van der Waals surface area (Å²) in [5.41, 5.74) is 2.32. The van der Waals surface area contributed by atoms with Crippen LogP contribution in [0.4, 0.5) is 5.00 Å². The topological polar surface area (TPSA) is 86.2 Å². The first-order chi connectivity index (χ1) is 14.1. The van der Waals surface area contributed by atoms with E-state index in [1.165, 1.54) is 17.6 Å². The zero-order valence-corrected chi connectivity index (χ0v) is 17.3. The van der Waals surface area contributed by atoms with Crippen LogP contribution in [-0.4, -0.2) is 38.4 Å². The van der Waals surface area contributed by atoms with Gasteiger partial charge in [-0.25, -0.2) is 4.79 Å². The van der Waals surface area contributed by atoms with Gasteiger partial charge in [0.25, 0.3) is 5.91 Å². The lowest BCUT2D eigenvalue weighted by Crippen LogP contribution is -2.19. The Morgan fingerprint density at radius 2 is 1.97 bits per heavy atom. The standard InChI is InChI=1S/C21H24N2O5S/c1-3-27-21(25)19-16-6-4-5-7-17(16)29-20(19)23-18(24)13-28-22-12-14-8-10-15(26-2)11-9-14/h8-12H,3-7,13H2,1-2H3,(H,23,24)/b22-12-. The molecule has 0 bridgehead atoms. The lowest BCUT2D eigenvalue weighted by Gasteiger charge is -2.12. The Morgan fingerprint density at radius 1 is 1.21 bits per heavy atom. The minimum Gasteiger partial charge on any atom is -0.497 e. The Bertz CT molecular complexity index is 889. The van der Waals surface area contributed by atoms with Gasteiger partial charge in [-0.1, -0.05) is 5.16 Å². The van der Waals surface area contributed by atoms with E-state index >= 15 is 0 Å². The molecule has 154 valence electrons. The second-order valence-corrected chi connectivity index (χ2v) is 7.57. The van der Waals surface area contributed by atoms with Crippen LogP contribution in [0.3, 0.4) is 0 Å². The summed E-state index contributed by atoms with van der Waals surface area (Å²) >= 11 is 1.45. The molecule has 1 aromatic carbocycles. The number of fused-ring (bicyclic) bond motifs is 1. The number of benzene rings is 1. The summed E-state index contributed by atoms with van der Waals surface area (Å²) in [6.07, 6.45) is 5.39. The fraction of sp³-hybridized carbons (Fsp3) is 0.381. The molecule has 8 heteroatoms. The third-order valence-corrected chi connectivity index (χ3v) is 5.70. The number of methoxy groups -OCH3 is 1. The number of aryl methyl sites for hydroxylation is 1. The van der Waals surface area contributed by atoms with E-state index in [2.05, 4.69) is 10.5 Å². The quantitative estimate of drug-likeness (QED) is 0.402. The largest absolute Gasteiger partial charge is 0.497 e. The summed E-state index contributed by atoms with van der Waals surface area (Å²) in [6, 6.07) is 7.27. The van der Waals surface area contributed by atoms with Crippen molar-refractivity contribution < 1.29 is 23.9 Å². The number of thiophene rings is 1. The predicted octanol–water partition coefficient (Wildman–Crippen LogP) is 3.80. The average molecular weight is 416 g/mol. The molecule has 29 heavy (non-hydrogen) atoms. The Hall–Kier alpha value is -2.87. The number of hydrogen-bond acceptors (Lipinski definition) is 7. The highest BCUT2D eigenvalue weighted by molar-refractivity contribution is 7.17. The van der Waals surface area contributed by atoms with Crippen LogP contribution in [0.1, 0.15) is 46.1 Å². The second-order valence-electron chi connectivity index (χ2n) is 6.46. The number of carbonyl (C=O) groups excluding carboxylic acids is 2. The molecule has 2 aromatic rings. The van der Waals surface area contributed by atoms with E-state index in [4.69, 9.17) is 14.3 Å². The molecule has 7 nitrogen and oxygen atoms in total. The highest BCUT2D eigenvalue weighted by atomic mass is 32.1. The Morgan fingerprint density at radius 3 is 2.69 bits per heavy atom. The van der Waals surface area contributed by atoms with Gasteiger partial charge in [0, 0.05) is 4.88 Å². The summed E-state index contributed by atoms with van der Waals surface area (Å²) < 4.78 is 10.3. The smallest absolute Gasteiger partial charge is 0.341 e.